The topological polar surface area (TPSA) is 97.5 Å². The number of likely N-dealkylation sites (tertiary alicyclic amines) is 1. The van der Waals surface area contributed by atoms with Gasteiger partial charge in [-0.25, -0.2) is 9.18 Å². The quantitative estimate of drug-likeness (QED) is 0.454. The lowest BCUT2D eigenvalue weighted by molar-refractivity contribution is -0.126. The van der Waals surface area contributed by atoms with Gasteiger partial charge in [0, 0.05) is 30.8 Å². The zero-order valence-corrected chi connectivity index (χ0v) is 22.9. The van der Waals surface area contributed by atoms with E-state index in [1.165, 1.54) is 6.07 Å². The molecule has 5 rings (SSSR count). The van der Waals surface area contributed by atoms with Gasteiger partial charge in [-0.05, 0) is 82.4 Å². The summed E-state index contributed by atoms with van der Waals surface area (Å²) in [5.41, 5.74) is 1.24. The van der Waals surface area contributed by atoms with E-state index in [1.807, 2.05) is 16.9 Å². The first kappa shape index (κ1) is 27.3. The molecule has 8 nitrogen and oxygen atoms in total. The molecule has 39 heavy (non-hydrogen) atoms. The Morgan fingerprint density at radius 3 is 2.77 bits per heavy atom. The molecule has 208 valence electrons. The lowest BCUT2D eigenvalue weighted by Gasteiger charge is -2.35. The second-order valence-corrected chi connectivity index (χ2v) is 12.2. The van der Waals surface area contributed by atoms with Gasteiger partial charge in [0.15, 0.2) is 5.78 Å². The highest BCUT2D eigenvalue weighted by Crippen LogP contribution is 2.44. The number of ketones is 1. The van der Waals surface area contributed by atoms with E-state index in [4.69, 9.17) is 9.47 Å². The molecule has 9 heteroatoms. The number of carbonyl (C=O) groups is 2. The number of amides is 1. The number of nitriles is 1. The summed E-state index contributed by atoms with van der Waals surface area (Å²) in [5, 5.41) is 14.2. The van der Waals surface area contributed by atoms with Crippen LogP contribution in [0.2, 0.25) is 0 Å². The van der Waals surface area contributed by atoms with Crippen LogP contribution < -0.4 is 0 Å². The maximum atomic E-state index is 15.1. The van der Waals surface area contributed by atoms with E-state index in [0.717, 1.165) is 44.3 Å². The number of aromatic nitrogens is 2. The van der Waals surface area contributed by atoms with Crippen LogP contribution in [0.4, 0.5) is 9.18 Å². The summed E-state index contributed by atoms with van der Waals surface area (Å²) in [6, 6.07) is 6.58. The summed E-state index contributed by atoms with van der Waals surface area (Å²) in [6.07, 6.45) is 8.00. The van der Waals surface area contributed by atoms with Crippen molar-refractivity contribution in [2.45, 2.75) is 96.1 Å². The first-order valence-corrected chi connectivity index (χ1v) is 14.0. The Morgan fingerprint density at radius 2 is 2.08 bits per heavy atom. The van der Waals surface area contributed by atoms with Crippen molar-refractivity contribution >= 4 is 11.9 Å². The number of rotatable bonds is 8. The molecular weight excluding hydrogens is 499 g/mol. The van der Waals surface area contributed by atoms with Crippen molar-refractivity contribution in [3.8, 4) is 17.2 Å². The summed E-state index contributed by atoms with van der Waals surface area (Å²) < 4.78 is 28.2. The summed E-state index contributed by atoms with van der Waals surface area (Å²) in [5.74, 6) is -1.16. The summed E-state index contributed by atoms with van der Waals surface area (Å²) in [4.78, 5) is 27.9. The molecule has 0 spiro atoms. The number of halogens is 1. The Labute approximate surface area is 229 Å². The zero-order chi connectivity index (χ0) is 27.7. The molecule has 0 radical (unpaired) electrons. The fourth-order valence-corrected chi connectivity index (χ4v) is 6.27. The Balaban J connectivity index is 1.23. The standard InChI is InChI=1S/C30H37FN4O4/c1-30(2,3)39-29(37)35-24-9-8-22(13-24)28(35)27(36)12-19(15-32)11-21-7-6-20(14-26(21)31)23-16-33-34(17-23)18-25-5-4-10-38-25/h6-7,14,16-17,19,22,24-25,28H,4-5,8-13,18H2,1-3H3/t19-,22+,24-,25-,28+/m1/s1. The van der Waals surface area contributed by atoms with Crippen molar-refractivity contribution in [3.63, 3.8) is 0 Å². The van der Waals surface area contributed by atoms with Gasteiger partial charge in [-0.2, -0.15) is 10.4 Å². The molecule has 3 fully saturated rings. The van der Waals surface area contributed by atoms with Crippen LogP contribution in [0.3, 0.4) is 0 Å². The first-order valence-electron chi connectivity index (χ1n) is 14.0. The first-order chi connectivity index (χ1) is 18.6. The predicted octanol–water partition coefficient (Wildman–Crippen LogP) is 5.30. The van der Waals surface area contributed by atoms with Crippen molar-refractivity contribution in [2.24, 2.45) is 11.8 Å². The van der Waals surface area contributed by atoms with Crippen molar-refractivity contribution in [1.29, 1.82) is 5.26 Å². The molecule has 1 saturated carbocycles. The van der Waals surface area contributed by atoms with Gasteiger partial charge in [0.2, 0.25) is 0 Å². The summed E-state index contributed by atoms with van der Waals surface area (Å²) in [6.45, 7) is 6.87. The van der Waals surface area contributed by atoms with Gasteiger partial charge < -0.3 is 9.47 Å². The molecule has 1 amide bonds. The number of hydrogen-bond donors (Lipinski definition) is 0. The fraction of sp³-hybridized carbons (Fsp3) is 0.600. The molecule has 3 aliphatic rings. The van der Waals surface area contributed by atoms with Gasteiger partial charge in [0.1, 0.15) is 11.4 Å². The van der Waals surface area contributed by atoms with E-state index >= 15 is 4.39 Å². The van der Waals surface area contributed by atoms with Crippen molar-refractivity contribution in [1.82, 2.24) is 14.7 Å². The Morgan fingerprint density at radius 1 is 1.26 bits per heavy atom. The van der Waals surface area contributed by atoms with Crippen LogP contribution in [0.1, 0.15) is 64.9 Å². The Bertz CT molecular complexity index is 1260. The molecule has 0 unspecified atom stereocenters. The van der Waals surface area contributed by atoms with Gasteiger partial charge in [-0.1, -0.05) is 12.1 Å². The van der Waals surface area contributed by atoms with Crippen LogP contribution in [-0.4, -0.2) is 57.0 Å². The maximum Gasteiger partial charge on any atom is 0.411 e. The molecular formula is C30H37FN4O4. The number of fused-ring (bicyclic) bond motifs is 2. The number of carbonyl (C=O) groups excluding carboxylic acids is 2. The molecule has 3 heterocycles. The Kier molecular flexibility index (Phi) is 7.77. The average molecular weight is 537 g/mol. The number of Topliss-reactive ketones (excluding diaryl/α,β-unsaturated/α-hetero) is 1. The van der Waals surface area contributed by atoms with Crippen LogP contribution >= 0.6 is 0 Å². The molecule has 5 atom stereocenters. The molecule has 2 aromatic rings. The monoisotopic (exact) mass is 536 g/mol. The van der Waals surface area contributed by atoms with Gasteiger partial charge in [-0.3, -0.25) is 14.4 Å². The van der Waals surface area contributed by atoms with E-state index in [9.17, 15) is 14.9 Å². The molecule has 1 aromatic heterocycles. The lowest BCUT2D eigenvalue weighted by Crippen LogP contribution is -2.51. The van der Waals surface area contributed by atoms with E-state index in [0.29, 0.717) is 17.7 Å². The van der Waals surface area contributed by atoms with Crippen LogP contribution in [0.25, 0.3) is 11.1 Å². The van der Waals surface area contributed by atoms with E-state index in [-0.39, 0.29) is 36.7 Å². The molecule has 0 N–H and O–H groups in total. The average Bonchev–Trinajstić information content (AvgIpc) is 3.68. The number of nitrogens with zero attached hydrogens (tertiary/aromatic N) is 4. The third kappa shape index (κ3) is 6.17. The molecule has 2 saturated heterocycles. The highest BCUT2D eigenvalue weighted by molar-refractivity contribution is 5.89. The minimum Gasteiger partial charge on any atom is -0.444 e. The van der Waals surface area contributed by atoms with Crippen LogP contribution in [0.15, 0.2) is 30.6 Å². The smallest absolute Gasteiger partial charge is 0.411 e. The van der Waals surface area contributed by atoms with Gasteiger partial charge in [-0.15, -0.1) is 0 Å². The van der Waals surface area contributed by atoms with E-state index in [2.05, 4.69) is 11.2 Å². The van der Waals surface area contributed by atoms with Crippen molar-refractivity contribution in [3.05, 3.63) is 42.0 Å². The lowest BCUT2D eigenvalue weighted by atomic mass is 9.87. The minimum atomic E-state index is -0.688. The summed E-state index contributed by atoms with van der Waals surface area (Å²) >= 11 is 0. The number of benzene rings is 1. The highest BCUT2D eigenvalue weighted by Gasteiger charge is 2.52. The van der Waals surface area contributed by atoms with Gasteiger partial charge >= 0.3 is 6.09 Å². The van der Waals surface area contributed by atoms with E-state index < -0.39 is 29.5 Å². The maximum absolute atomic E-state index is 15.1. The number of piperidine rings is 1. The van der Waals surface area contributed by atoms with Crippen molar-refractivity contribution < 1.29 is 23.5 Å². The van der Waals surface area contributed by atoms with Gasteiger partial charge in [0.25, 0.3) is 0 Å². The van der Waals surface area contributed by atoms with E-state index in [1.54, 1.807) is 37.9 Å². The highest BCUT2D eigenvalue weighted by atomic mass is 19.1. The molecule has 1 aromatic carbocycles. The second-order valence-electron chi connectivity index (χ2n) is 12.2. The normalized spacial score (nSPS) is 25.1. The third-order valence-electron chi connectivity index (χ3n) is 8.05. The van der Waals surface area contributed by atoms with Crippen LogP contribution in [-0.2, 0) is 27.2 Å². The third-order valence-corrected chi connectivity index (χ3v) is 8.05. The van der Waals surface area contributed by atoms with Crippen LogP contribution in [0, 0.1) is 29.0 Å². The van der Waals surface area contributed by atoms with Crippen molar-refractivity contribution in [2.75, 3.05) is 6.61 Å². The summed E-state index contributed by atoms with van der Waals surface area (Å²) in [7, 11) is 0. The second kappa shape index (κ2) is 11.1. The zero-order valence-electron chi connectivity index (χ0n) is 22.9. The number of ether oxygens (including phenoxy) is 2. The van der Waals surface area contributed by atoms with Crippen LogP contribution in [0.5, 0.6) is 0 Å². The molecule has 2 aliphatic heterocycles. The SMILES string of the molecule is CC(C)(C)OC(=O)N1[C@@H]2CC[C@@H](C2)[C@H]1C(=O)C[C@H](C#N)Cc1ccc(-c2cnn(C[C@H]3CCCO3)c2)cc1F. The minimum absolute atomic E-state index is 0.000583. The molecule has 2 bridgehead atoms. The van der Waals surface area contributed by atoms with Gasteiger partial charge in [0.05, 0.1) is 36.9 Å². The predicted molar refractivity (Wildman–Crippen MR) is 142 cm³/mol. The fourth-order valence-electron chi connectivity index (χ4n) is 6.27. The largest absolute Gasteiger partial charge is 0.444 e. The number of hydrogen-bond acceptors (Lipinski definition) is 6. The molecule has 1 aliphatic carbocycles. The Hall–Kier alpha value is -3.25.